The minimum Gasteiger partial charge on any atom is -0.383 e. The van der Waals surface area contributed by atoms with Gasteiger partial charge >= 0.3 is 0 Å². The van der Waals surface area contributed by atoms with Gasteiger partial charge in [0.05, 0.1) is 18.9 Å². The standard InChI is InChI=1S/C25H35N5O3S/c1-3-28-12-7-8-19(28)16-26-25(32)24-21-17-29(13-11-22(21)30(27-24)14-15-33-2)23(31)18-34-20-9-5-4-6-10-20/h4-6,9-10,19H,3,7-8,11-18H2,1-2H3,(H,26,32)/t19-/m1/s1. The van der Waals surface area contributed by atoms with Gasteiger partial charge in [-0.15, -0.1) is 11.8 Å². The fourth-order valence-electron chi connectivity index (χ4n) is 4.84. The predicted molar refractivity (Wildman–Crippen MR) is 133 cm³/mol. The molecule has 2 aliphatic rings. The van der Waals surface area contributed by atoms with Gasteiger partial charge < -0.3 is 15.0 Å². The van der Waals surface area contributed by atoms with Gasteiger partial charge in [0.1, 0.15) is 0 Å². The van der Waals surface area contributed by atoms with Gasteiger partial charge in [-0.05, 0) is 38.1 Å². The number of nitrogens with zero attached hydrogens (tertiary/aromatic N) is 4. The Bertz CT molecular complexity index is 980. The number of methoxy groups -OCH3 is 1. The molecule has 0 radical (unpaired) electrons. The van der Waals surface area contributed by atoms with Crippen LogP contribution in [-0.2, 0) is 29.0 Å². The predicted octanol–water partition coefficient (Wildman–Crippen LogP) is 2.42. The van der Waals surface area contributed by atoms with E-state index in [1.165, 1.54) is 6.42 Å². The van der Waals surface area contributed by atoms with E-state index in [0.29, 0.717) is 56.7 Å². The molecule has 1 saturated heterocycles. The highest BCUT2D eigenvalue weighted by atomic mass is 32.2. The van der Waals surface area contributed by atoms with Crippen LogP contribution in [0, 0.1) is 0 Å². The van der Waals surface area contributed by atoms with Gasteiger partial charge in [-0.2, -0.15) is 5.10 Å². The molecule has 1 aromatic heterocycles. The van der Waals surface area contributed by atoms with Crippen LogP contribution in [0.5, 0.6) is 0 Å². The van der Waals surface area contributed by atoms with E-state index in [1.54, 1.807) is 18.9 Å². The number of rotatable bonds is 10. The van der Waals surface area contributed by atoms with Crippen molar-refractivity contribution in [3.8, 4) is 0 Å². The third kappa shape index (κ3) is 5.82. The first kappa shape index (κ1) is 24.8. The van der Waals surface area contributed by atoms with Crippen LogP contribution in [0.2, 0.25) is 0 Å². The van der Waals surface area contributed by atoms with Gasteiger partial charge in [-0.3, -0.25) is 19.2 Å². The lowest BCUT2D eigenvalue weighted by molar-refractivity contribution is -0.129. The zero-order valence-corrected chi connectivity index (χ0v) is 21.0. The zero-order valence-electron chi connectivity index (χ0n) is 20.2. The normalized spacial score (nSPS) is 18.2. The quantitative estimate of drug-likeness (QED) is 0.521. The first-order valence-electron chi connectivity index (χ1n) is 12.2. The Morgan fingerprint density at radius 3 is 2.82 bits per heavy atom. The Balaban J connectivity index is 1.45. The number of likely N-dealkylation sites (tertiary alicyclic amines) is 1. The molecule has 2 amide bonds. The molecule has 0 bridgehead atoms. The molecule has 8 nitrogen and oxygen atoms in total. The van der Waals surface area contributed by atoms with Crippen molar-refractivity contribution in [3.63, 3.8) is 0 Å². The van der Waals surface area contributed by atoms with Crippen LogP contribution in [0.4, 0.5) is 0 Å². The van der Waals surface area contributed by atoms with Crippen LogP contribution in [0.25, 0.3) is 0 Å². The molecule has 0 aliphatic carbocycles. The van der Waals surface area contributed by atoms with Crippen LogP contribution >= 0.6 is 11.8 Å². The summed E-state index contributed by atoms with van der Waals surface area (Å²) in [6.45, 7) is 7.06. The number of carbonyl (C=O) groups excluding carboxylic acids is 2. The van der Waals surface area contributed by atoms with Gasteiger partial charge in [0.15, 0.2) is 5.69 Å². The summed E-state index contributed by atoms with van der Waals surface area (Å²) < 4.78 is 7.14. The second-order valence-electron chi connectivity index (χ2n) is 8.79. The van der Waals surface area contributed by atoms with E-state index in [2.05, 4.69) is 22.2 Å². The molecule has 0 unspecified atom stereocenters. The summed E-state index contributed by atoms with van der Waals surface area (Å²) >= 11 is 1.54. The van der Waals surface area contributed by atoms with Crippen molar-refractivity contribution in [1.82, 2.24) is 24.9 Å². The first-order chi connectivity index (χ1) is 16.6. The molecule has 2 aromatic rings. The SMILES string of the molecule is CCN1CCC[C@@H]1CNC(=O)c1nn(CCOC)c2c1CN(C(=O)CSc1ccccc1)CC2. The van der Waals surface area contributed by atoms with E-state index < -0.39 is 0 Å². The largest absolute Gasteiger partial charge is 0.383 e. The molecular formula is C25H35N5O3S. The lowest BCUT2D eigenvalue weighted by atomic mass is 10.0. The number of benzene rings is 1. The number of aromatic nitrogens is 2. The number of hydrogen-bond donors (Lipinski definition) is 1. The number of likely N-dealkylation sites (N-methyl/N-ethyl adjacent to an activating group) is 1. The molecule has 1 aromatic carbocycles. The minimum absolute atomic E-state index is 0.0834. The van der Waals surface area contributed by atoms with Crippen molar-refractivity contribution in [2.75, 3.05) is 45.6 Å². The fourth-order valence-corrected chi connectivity index (χ4v) is 5.66. The fraction of sp³-hybridized carbons (Fsp3) is 0.560. The molecule has 9 heteroatoms. The highest BCUT2D eigenvalue weighted by molar-refractivity contribution is 8.00. The lowest BCUT2D eigenvalue weighted by Gasteiger charge is -2.28. The summed E-state index contributed by atoms with van der Waals surface area (Å²) in [5, 5.41) is 7.79. The molecular weight excluding hydrogens is 450 g/mol. The van der Waals surface area contributed by atoms with Gasteiger partial charge in [0.2, 0.25) is 5.91 Å². The van der Waals surface area contributed by atoms with Crippen LogP contribution in [-0.4, -0.2) is 83.1 Å². The van der Waals surface area contributed by atoms with E-state index in [9.17, 15) is 9.59 Å². The molecule has 184 valence electrons. The second kappa shape index (κ2) is 11.9. The molecule has 0 saturated carbocycles. The van der Waals surface area contributed by atoms with Crippen molar-refractivity contribution in [2.45, 2.75) is 50.2 Å². The van der Waals surface area contributed by atoms with Crippen molar-refractivity contribution in [1.29, 1.82) is 0 Å². The average Bonchev–Trinajstić information content (AvgIpc) is 3.49. The molecule has 1 fully saturated rings. The Hall–Kier alpha value is -2.36. The van der Waals surface area contributed by atoms with E-state index >= 15 is 0 Å². The van der Waals surface area contributed by atoms with Crippen LogP contribution in [0.1, 0.15) is 41.5 Å². The Morgan fingerprint density at radius 2 is 2.06 bits per heavy atom. The summed E-state index contributed by atoms with van der Waals surface area (Å²) in [4.78, 5) is 31.5. The zero-order chi connectivity index (χ0) is 23.9. The topological polar surface area (TPSA) is 79.7 Å². The van der Waals surface area contributed by atoms with Crippen molar-refractivity contribution >= 4 is 23.6 Å². The Morgan fingerprint density at radius 1 is 1.24 bits per heavy atom. The maximum atomic E-state index is 13.2. The van der Waals surface area contributed by atoms with E-state index in [4.69, 9.17) is 4.74 Å². The summed E-state index contributed by atoms with van der Waals surface area (Å²) in [7, 11) is 1.66. The second-order valence-corrected chi connectivity index (χ2v) is 9.84. The molecule has 4 rings (SSSR count). The van der Waals surface area contributed by atoms with Crippen molar-refractivity contribution in [2.24, 2.45) is 0 Å². The van der Waals surface area contributed by atoms with Crippen LogP contribution in [0.3, 0.4) is 0 Å². The van der Waals surface area contributed by atoms with Crippen LogP contribution < -0.4 is 5.32 Å². The highest BCUT2D eigenvalue weighted by Gasteiger charge is 2.31. The molecule has 2 aliphatic heterocycles. The lowest BCUT2D eigenvalue weighted by Crippen LogP contribution is -2.41. The maximum Gasteiger partial charge on any atom is 0.272 e. The number of fused-ring (bicyclic) bond motifs is 1. The molecule has 1 N–H and O–H groups in total. The van der Waals surface area contributed by atoms with E-state index in [1.807, 2.05) is 39.9 Å². The number of thioether (sulfide) groups is 1. The van der Waals surface area contributed by atoms with Gasteiger partial charge in [-0.25, -0.2) is 0 Å². The number of hydrogen-bond acceptors (Lipinski definition) is 6. The smallest absolute Gasteiger partial charge is 0.272 e. The minimum atomic E-state index is -0.150. The first-order valence-corrected chi connectivity index (χ1v) is 13.1. The van der Waals surface area contributed by atoms with Gasteiger partial charge in [0.25, 0.3) is 5.91 Å². The number of nitrogens with one attached hydrogen (secondary N) is 1. The van der Waals surface area contributed by atoms with Crippen molar-refractivity contribution in [3.05, 3.63) is 47.3 Å². The number of carbonyl (C=O) groups is 2. The monoisotopic (exact) mass is 485 g/mol. The summed E-state index contributed by atoms with van der Waals surface area (Å²) in [6.07, 6.45) is 2.97. The van der Waals surface area contributed by atoms with E-state index in [0.717, 1.165) is 35.7 Å². The Labute approximate surface area is 206 Å². The van der Waals surface area contributed by atoms with Crippen molar-refractivity contribution < 1.29 is 14.3 Å². The third-order valence-corrected chi connectivity index (χ3v) is 7.71. The number of amides is 2. The summed E-state index contributed by atoms with van der Waals surface area (Å²) in [6, 6.07) is 10.3. The summed E-state index contributed by atoms with van der Waals surface area (Å²) in [5.41, 5.74) is 2.36. The van der Waals surface area contributed by atoms with Gasteiger partial charge in [-0.1, -0.05) is 25.1 Å². The molecule has 3 heterocycles. The average molecular weight is 486 g/mol. The Kier molecular flexibility index (Phi) is 8.64. The summed E-state index contributed by atoms with van der Waals surface area (Å²) in [5.74, 6) is 0.316. The van der Waals surface area contributed by atoms with Gasteiger partial charge in [0, 0.05) is 55.4 Å². The van der Waals surface area contributed by atoms with E-state index in [-0.39, 0.29) is 11.8 Å². The molecule has 1 atom stereocenters. The number of ether oxygens (including phenoxy) is 1. The maximum absolute atomic E-state index is 13.2. The third-order valence-electron chi connectivity index (χ3n) is 6.72. The molecule has 34 heavy (non-hydrogen) atoms. The molecule has 0 spiro atoms. The van der Waals surface area contributed by atoms with Crippen LogP contribution in [0.15, 0.2) is 35.2 Å². The highest BCUT2D eigenvalue weighted by Crippen LogP contribution is 2.25.